The van der Waals surface area contributed by atoms with E-state index in [1.165, 1.54) is 0 Å². The molecule has 0 saturated heterocycles. The van der Waals surface area contributed by atoms with E-state index in [-0.39, 0.29) is 19.0 Å². The zero-order valence-electron chi connectivity index (χ0n) is 10.4. The van der Waals surface area contributed by atoms with Gasteiger partial charge in [0.25, 0.3) is 0 Å². The molecule has 0 radical (unpaired) electrons. The number of carbonyl (C=O) groups is 1. The Labute approximate surface area is 107 Å². The van der Waals surface area contributed by atoms with E-state index in [4.69, 9.17) is 15.9 Å². The molecule has 4 heteroatoms. The van der Waals surface area contributed by atoms with Gasteiger partial charge in [-0.1, -0.05) is 18.1 Å². The summed E-state index contributed by atoms with van der Waals surface area (Å²) in [4.78, 5) is 11.4. The van der Waals surface area contributed by atoms with E-state index < -0.39 is 0 Å². The van der Waals surface area contributed by atoms with Gasteiger partial charge in [-0.25, -0.2) is 0 Å². The number of methoxy groups -OCH3 is 1. The molecule has 0 fully saturated rings. The molecule has 0 aliphatic carbocycles. The van der Waals surface area contributed by atoms with Crippen molar-refractivity contribution in [1.29, 1.82) is 0 Å². The third-order valence-electron chi connectivity index (χ3n) is 2.25. The lowest BCUT2D eigenvalue weighted by Gasteiger charge is -2.06. The number of ether oxygens (including phenoxy) is 2. The van der Waals surface area contributed by atoms with Crippen LogP contribution in [0.5, 0.6) is 0 Å². The molecule has 4 nitrogen and oxygen atoms in total. The molecule has 1 N–H and O–H groups in total. The fourth-order valence-electron chi connectivity index (χ4n) is 1.35. The maximum atomic E-state index is 11.4. The Morgan fingerprint density at radius 1 is 1.33 bits per heavy atom. The van der Waals surface area contributed by atoms with Gasteiger partial charge in [0.1, 0.15) is 6.61 Å². The molecule has 0 aromatic heterocycles. The smallest absolute Gasteiger partial charge is 0.310 e. The van der Waals surface area contributed by atoms with Crippen LogP contribution in [0.4, 0.5) is 5.69 Å². The van der Waals surface area contributed by atoms with Crippen LogP contribution in [0.1, 0.15) is 5.56 Å². The summed E-state index contributed by atoms with van der Waals surface area (Å²) in [7, 11) is 1.57. The van der Waals surface area contributed by atoms with Crippen molar-refractivity contribution < 1.29 is 14.3 Å². The summed E-state index contributed by atoms with van der Waals surface area (Å²) >= 11 is 0. The van der Waals surface area contributed by atoms with Crippen molar-refractivity contribution in [3.8, 4) is 12.3 Å². The van der Waals surface area contributed by atoms with Gasteiger partial charge in [0, 0.05) is 12.8 Å². The van der Waals surface area contributed by atoms with Crippen molar-refractivity contribution in [2.45, 2.75) is 6.42 Å². The Morgan fingerprint density at radius 3 is 2.67 bits per heavy atom. The normalized spacial score (nSPS) is 9.56. The average molecular weight is 247 g/mol. The molecule has 1 rings (SSSR count). The van der Waals surface area contributed by atoms with Gasteiger partial charge >= 0.3 is 5.97 Å². The van der Waals surface area contributed by atoms with Gasteiger partial charge in [-0.15, -0.1) is 6.42 Å². The highest BCUT2D eigenvalue weighted by atomic mass is 16.6. The second-order valence-electron chi connectivity index (χ2n) is 3.64. The lowest BCUT2D eigenvalue weighted by Crippen LogP contribution is -2.11. The quantitative estimate of drug-likeness (QED) is 0.450. The summed E-state index contributed by atoms with van der Waals surface area (Å²) in [5.74, 6) is 2.24. The van der Waals surface area contributed by atoms with Crippen LogP contribution >= 0.6 is 0 Å². The van der Waals surface area contributed by atoms with E-state index in [9.17, 15) is 4.79 Å². The number of carbonyl (C=O) groups excluding carboxylic acids is 1. The van der Waals surface area contributed by atoms with Crippen LogP contribution in [0.25, 0.3) is 0 Å². The van der Waals surface area contributed by atoms with Gasteiger partial charge in [-0.05, 0) is 17.7 Å². The number of nitrogens with one attached hydrogen (secondary N) is 1. The zero-order valence-corrected chi connectivity index (χ0v) is 10.4. The molecular weight excluding hydrogens is 230 g/mol. The maximum absolute atomic E-state index is 11.4. The van der Waals surface area contributed by atoms with Gasteiger partial charge < -0.3 is 14.8 Å². The van der Waals surface area contributed by atoms with E-state index in [0.29, 0.717) is 13.2 Å². The number of esters is 1. The number of hydrogen-bond acceptors (Lipinski definition) is 4. The largest absolute Gasteiger partial charge is 0.463 e. The van der Waals surface area contributed by atoms with Crippen LogP contribution in [0.15, 0.2) is 24.3 Å². The number of rotatable bonds is 7. The van der Waals surface area contributed by atoms with Crippen LogP contribution in [0.2, 0.25) is 0 Å². The fourth-order valence-corrected chi connectivity index (χ4v) is 1.35. The molecular formula is C14H17NO3. The predicted octanol–water partition coefficient (Wildman–Crippen LogP) is 1.46. The third kappa shape index (κ3) is 5.37. The average Bonchev–Trinajstić information content (AvgIpc) is 2.38. The van der Waals surface area contributed by atoms with Crippen LogP contribution in [-0.4, -0.2) is 32.8 Å². The SMILES string of the molecule is C#CCNc1ccc(CC(=O)OCCOC)cc1. The van der Waals surface area contributed by atoms with Gasteiger partial charge in [0.05, 0.1) is 19.6 Å². The first-order valence-electron chi connectivity index (χ1n) is 5.67. The molecule has 96 valence electrons. The number of benzene rings is 1. The highest BCUT2D eigenvalue weighted by molar-refractivity contribution is 5.72. The summed E-state index contributed by atoms with van der Waals surface area (Å²) in [5.41, 5.74) is 1.84. The number of anilines is 1. The van der Waals surface area contributed by atoms with Crippen molar-refractivity contribution >= 4 is 11.7 Å². The molecule has 0 heterocycles. The van der Waals surface area contributed by atoms with Gasteiger partial charge in [0.2, 0.25) is 0 Å². The first kappa shape index (κ1) is 14.1. The van der Waals surface area contributed by atoms with Gasteiger partial charge in [0.15, 0.2) is 0 Å². The molecule has 18 heavy (non-hydrogen) atoms. The maximum Gasteiger partial charge on any atom is 0.310 e. The second kappa shape index (κ2) is 8.15. The van der Waals surface area contributed by atoms with Crippen molar-refractivity contribution in [2.75, 3.05) is 32.2 Å². The summed E-state index contributed by atoms with van der Waals surface area (Å²) < 4.78 is 9.77. The molecule has 1 aromatic rings. The molecule has 1 aromatic carbocycles. The van der Waals surface area contributed by atoms with E-state index in [1.807, 2.05) is 24.3 Å². The Hall–Kier alpha value is -1.99. The standard InChI is InChI=1S/C14H17NO3/c1-3-8-15-13-6-4-12(5-7-13)11-14(16)18-10-9-17-2/h1,4-7,15H,8-11H2,2H3. The molecule has 0 saturated carbocycles. The van der Waals surface area contributed by atoms with Crippen molar-refractivity contribution in [3.63, 3.8) is 0 Å². The minimum atomic E-state index is -0.253. The minimum Gasteiger partial charge on any atom is -0.463 e. The Balaban J connectivity index is 2.38. The summed E-state index contributed by atoms with van der Waals surface area (Å²) in [6.07, 6.45) is 5.41. The first-order valence-corrected chi connectivity index (χ1v) is 5.67. The zero-order chi connectivity index (χ0) is 13.2. The van der Waals surface area contributed by atoms with Crippen molar-refractivity contribution in [2.24, 2.45) is 0 Å². The van der Waals surface area contributed by atoms with E-state index in [1.54, 1.807) is 7.11 Å². The highest BCUT2D eigenvalue weighted by Gasteiger charge is 2.04. The lowest BCUT2D eigenvalue weighted by atomic mass is 10.1. The lowest BCUT2D eigenvalue weighted by molar-refractivity contribution is -0.144. The van der Waals surface area contributed by atoms with Crippen molar-refractivity contribution in [3.05, 3.63) is 29.8 Å². The summed E-state index contributed by atoms with van der Waals surface area (Å²) in [6.45, 7) is 1.19. The van der Waals surface area contributed by atoms with Crippen LogP contribution in [0.3, 0.4) is 0 Å². The van der Waals surface area contributed by atoms with Crippen LogP contribution in [0, 0.1) is 12.3 Å². The Kier molecular flexibility index (Phi) is 6.37. The molecule has 0 spiro atoms. The van der Waals surface area contributed by atoms with E-state index >= 15 is 0 Å². The minimum absolute atomic E-state index is 0.253. The molecule has 0 aliphatic heterocycles. The summed E-state index contributed by atoms with van der Waals surface area (Å²) in [5, 5.41) is 3.05. The monoisotopic (exact) mass is 247 g/mol. The van der Waals surface area contributed by atoms with E-state index in [0.717, 1.165) is 11.3 Å². The number of terminal acetylenes is 1. The third-order valence-corrected chi connectivity index (χ3v) is 2.25. The topological polar surface area (TPSA) is 47.6 Å². The molecule has 0 bridgehead atoms. The van der Waals surface area contributed by atoms with Crippen molar-refractivity contribution in [1.82, 2.24) is 0 Å². The van der Waals surface area contributed by atoms with Gasteiger partial charge in [-0.2, -0.15) is 0 Å². The Bertz CT molecular complexity index is 406. The number of hydrogen-bond donors (Lipinski definition) is 1. The molecule has 0 atom stereocenters. The summed E-state index contributed by atoms with van der Waals surface area (Å²) in [6, 6.07) is 7.51. The highest BCUT2D eigenvalue weighted by Crippen LogP contribution is 2.10. The molecule has 0 unspecified atom stereocenters. The molecule has 0 aliphatic rings. The first-order chi connectivity index (χ1) is 8.76. The van der Waals surface area contributed by atoms with Gasteiger partial charge in [-0.3, -0.25) is 4.79 Å². The van der Waals surface area contributed by atoms with Crippen LogP contribution in [-0.2, 0) is 20.7 Å². The van der Waals surface area contributed by atoms with E-state index in [2.05, 4.69) is 11.2 Å². The van der Waals surface area contributed by atoms with Crippen LogP contribution < -0.4 is 5.32 Å². The fraction of sp³-hybridized carbons (Fsp3) is 0.357. The predicted molar refractivity (Wildman–Crippen MR) is 70.3 cm³/mol. The Morgan fingerprint density at radius 2 is 2.06 bits per heavy atom. The molecule has 0 amide bonds. The second-order valence-corrected chi connectivity index (χ2v) is 3.64.